The number of furan rings is 1. The molecule has 3 heteroatoms. The highest BCUT2D eigenvalue weighted by Crippen LogP contribution is 2.29. The van der Waals surface area contributed by atoms with Crippen molar-refractivity contribution in [3.8, 4) is 0 Å². The first-order valence-electron chi connectivity index (χ1n) is 5.15. The monoisotopic (exact) mass is 259 g/mol. The van der Waals surface area contributed by atoms with Gasteiger partial charge in [0.2, 0.25) is 0 Å². The van der Waals surface area contributed by atoms with Crippen LogP contribution in [0.4, 0.5) is 0 Å². The third kappa shape index (κ3) is 2.61. The van der Waals surface area contributed by atoms with Crippen molar-refractivity contribution in [1.82, 2.24) is 5.32 Å². The molecule has 1 heterocycles. The Labute approximate surface area is 94.2 Å². The summed E-state index contributed by atoms with van der Waals surface area (Å²) in [6.07, 6.45) is 2.33. The molecule has 1 N–H and O–H groups in total. The molecule has 14 heavy (non-hydrogen) atoms. The zero-order valence-electron chi connectivity index (χ0n) is 9.01. The van der Waals surface area contributed by atoms with E-state index in [1.54, 1.807) is 0 Å². The van der Waals surface area contributed by atoms with Gasteiger partial charge in [-0.05, 0) is 41.0 Å². The summed E-state index contributed by atoms with van der Waals surface area (Å²) in [5.41, 5.74) is 0. The Morgan fingerprint density at radius 2 is 2.00 bits per heavy atom. The molecule has 0 aliphatic heterocycles. The summed E-state index contributed by atoms with van der Waals surface area (Å²) in [6, 6.07) is 4.31. The third-order valence-electron chi connectivity index (χ3n) is 2.73. The maximum absolute atomic E-state index is 5.58. The number of hydrogen-bond donors (Lipinski definition) is 1. The first-order chi connectivity index (χ1) is 6.72. The van der Waals surface area contributed by atoms with E-state index in [9.17, 15) is 0 Å². The maximum atomic E-state index is 5.58. The maximum Gasteiger partial charge on any atom is 0.169 e. The van der Waals surface area contributed by atoms with Crippen LogP contribution < -0.4 is 5.32 Å². The van der Waals surface area contributed by atoms with Gasteiger partial charge in [0.05, 0.1) is 6.04 Å². The lowest BCUT2D eigenvalue weighted by atomic mass is 9.92. The van der Waals surface area contributed by atoms with Gasteiger partial charge in [0.15, 0.2) is 4.67 Å². The van der Waals surface area contributed by atoms with Gasteiger partial charge in [-0.2, -0.15) is 0 Å². The molecule has 0 amide bonds. The van der Waals surface area contributed by atoms with E-state index < -0.39 is 0 Å². The fraction of sp³-hybridized carbons (Fsp3) is 0.636. The van der Waals surface area contributed by atoms with Crippen LogP contribution in [-0.2, 0) is 0 Å². The third-order valence-corrected chi connectivity index (χ3v) is 3.16. The predicted molar refractivity (Wildman–Crippen MR) is 62.3 cm³/mol. The van der Waals surface area contributed by atoms with E-state index in [4.69, 9.17) is 4.42 Å². The van der Waals surface area contributed by atoms with Crippen LogP contribution in [0, 0.1) is 5.92 Å². The van der Waals surface area contributed by atoms with Crippen LogP contribution >= 0.6 is 15.9 Å². The van der Waals surface area contributed by atoms with E-state index >= 15 is 0 Å². The minimum atomic E-state index is 0.330. The van der Waals surface area contributed by atoms with Crippen molar-refractivity contribution in [1.29, 1.82) is 0 Å². The molecular weight excluding hydrogens is 242 g/mol. The first kappa shape index (κ1) is 11.8. The van der Waals surface area contributed by atoms with Gasteiger partial charge in [-0.25, -0.2) is 0 Å². The van der Waals surface area contributed by atoms with Crippen molar-refractivity contribution < 1.29 is 4.42 Å². The normalized spacial score (nSPS) is 13.5. The van der Waals surface area contributed by atoms with Gasteiger partial charge in [-0.15, -0.1) is 0 Å². The summed E-state index contributed by atoms with van der Waals surface area (Å²) in [5.74, 6) is 1.66. The van der Waals surface area contributed by atoms with Crippen LogP contribution in [0.25, 0.3) is 0 Å². The molecule has 0 bridgehead atoms. The molecule has 0 aromatic carbocycles. The van der Waals surface area contributed by atoms with Gasteiger partial charge in [-0.1, -0.05) is 26.7 Å². The van der Waals surface area contributed by atoms with Crippen LogP contribution in [0.1, 0.15) is 38.5 Å². The quantitative estimate of drug-likeness (QED) is 0.872. The molecule has 2 nitrogen and oxygen atoms in total. The summed E-state index contributed by atoms with van der Waals surface area (Å²) in [6.45, 7) is 4.44. The molecular formula is C11H18BrNO. The minimum Gasteiger partial charge on any atom is -0.453 e. The van der Waals surface area contributed by atoms with E-state index in [1.807, 2.05) is 19.2 Å². The van der Waals surface area contributed by atoms with Crippen molar-refractivity contribution in [2.45, 2.75) is 32.7 Å². The van der Waals surface area contributed by atoms with Gasteiger partial charge in [-0.3, -0.25) is 0 Å². The summed E-state index contributed by atoms with van der Waals surface area (Å²) >= 11 is 3.33. The fourth-order valence-corrected chi connectivity index (χ4v) is 2.18. The molecule has 0 radical (unpaired) electrons. The van der Waals surface area contributed by atoms with Crippen LogP contribution in [-0.4, -0.2) is 7.05 Å². The van der Waals surface area contributed by atoms with Crippen molar-refractivity contribution in [3.63, 3.8) is 0 Å². The minimum absolute atomic E-state index is 0.330. The van der Waals surface area contributed by atoms with Crippen LogP contribution in [0.15, 0.2) is 21.2 Å². The van der Waals surface area contributed by atoms with Crippen LogP contribution in [0.3, 0.4) is 0 Å². The predicted octanol–water partition coefficient (Wildman–Crippen LogP) is 3.74. The number of halogens is 1. The van der Waals surface area contributed by atoms with Gasteiger partial charge in [0, 0.05) is 0 Å². The average Bonchev–Trinajstić information content (AvgIpc) is 2.60. The molecule has 0 aliphatic rings. The highest BCUT2D eigenvalue weighted by atomic mass is 79.9. The second-order valence-corrected chi connectivity index (χ2v) is 4.27. The second-order valence-electron chi connectivity index (χ2n) is 3.48. The van der Waals surface area contributed by atoms with Crippen molar-refractivity contribution in [2.75, 3.05) is 7.05 Å². The summed E-state index contributed by atoms with van der Waals surface area (Å²) in [5, 5.41) is 3.32. The number of rotatable bonds is 5. The lowest BCUT2D eigenvalue weighted by molar-refractivity contribution is 0.305. The molecule has 0 spiro atoms. The summed E-state index contributed by atoms with van der Waals surface area (Å²) in [4.78, 5) is 0. The topological polar surface area (TPSA) is 25.2 Å². The summed E-state index contributed by atoms with van der Waals surface area (Å²) in [7, 11) is 1.99. The molecule has 1 aromatic rings. The smallest absolute Gasteiger partial charge is 0.169 e. The van der Waals surface area contributed by atoms with Crippen LogP contribution in [0.2, 0.25) is 0 Å². The van der Waals surface area contributed by atoms with Gasteiger partial charge < -0.3 is 9.73 Å². The van der Waals surface area contributed by atoms with Crippen molar-refractivity contribution in [3.05, 3.63) is 22.6 Å². The summed E-state index contributed by atoms with van der Waals surface area (Å²) < 4.78 is 6.38. The second kappa shape index (κ2) is 5.56. The van der Waals surface area contributed by atoms with Crippen molar-refractivity contribution >= 4 is 15.9 Å². The van der Waals surface area contributed by atoms with E-state index in [2.05, 4.69) is 35.1 Å². The number of nitrogens with one attached hydrogen (secondary N) is 1. The SMILES string of the molecule is CCC(CC)C(NC)c1ccc(Br)o1. The molecule has 0 saturated heterocycles. The number of hydrogen-bond acceptors (Lipinski definition) is 2. The zero-order valence-corrected chi connectivity index (χ0v) is 10.6. The van der Waals surface area contributed by atoms with Gasteiger partial charge in [0.25, 0.3) is 0 Å². The Bertz CT molecular complexity index is 268. The Balaban J connectivity index is 2.80. The first-order valence-corrected chi connectivity index (χ1v) is 5.94. The van der Waals surface area contributed by atoms with E-state index in [1.165, 1.54) is 12.8 Å². The molecule has 1 unspecified atom stereocenters. The molecule has 0 saturated carbocycles. The van der Waals surface area contributed by atoms with Gasteiger partial charge in [0.1, 0.15) is 5.76 Å². The van der Waals surface area contributed by atoms with E-state index in [0.717, 1.165) is 10.4 Å². The molecule has 0 aliphatic carbocycles. The van der Waals surface area contributed by atoms with Crippen molar-refractivity contribution in [2.24, 2.45) is 5.92 Å². The fourth-order valence-electron chi connectivity index (χ4n) is 1.87. The van der Waals surface area contributed by atoms with E-state index in [0.29, 0.717) is 12.0 Å². The molecule has 0 fully saturated rings. The highest BCUT2D eigenvalue weighted by Gasteiger charge is 2.21. The Morgan fingerprint density at radius 1 is 1.36 bits per heavy atom. The standard InChI is InChI=1S/C11H18BrNO/c1-4-8(5-2)11(13-3)9-6-7-10(12)14-9/h6-8,11,13H,4-5H2,1-3H3. The lowest BCUT2D eigenvalue weighted by Gasteiger charge is -2.22. The highest BCUT2D eigenvalue weighted by molar-refractivity contribution is 9.10. The van der Waals surface area contributed by atoms with E-state index in [-0.39, 0.29) is 0 Å². The molecule has 80 valence electrons. The molecule has 1 rings (SSSR count). The average molecular weight is 260 g/mol. The zero-order chi connectivity index (χ0) is 10.6. The van der Waals surface area contributed by atoms with Crippen LogP contribution in [0.5, 0.6) is 0 Å². The molecule has 1 aromatic heterocycles. The Morgan fingerprint density at radius 3 is 2.36 bits per heavy atom. The largest absolute Gasteiger partial charge is 0.453 e. The Kier molecular flexibility index (Phi) is 4.69. The lowest BCUT2D eigenvalue weighted by Crippen LogP contribution is -2.24. The Hall–Kier alpha value is -0.280. The van der Waals surface area contributed by atoms with Gasteiger partial charge >= 0.3 is 0 Å². The molecule has 1 atom stereocenters.